The average molecular weight is 316 g/mol. The lowest BCUT2D eigenvalue weighted by atomic mass is 9.69. The zero-order valence-electron chi connectivity index (χ0n) is 13.5. The van der Waals surface area contributed by atoms with Crippen LogP contribution in [-0.2, 0) is 4.79 Å². The van der Waals surface area contributed by atoms with Crippen LogP contribution < -0.4 is 0 Å². The Morgan fingerprint density at radius 2 is 1.91 bits per heavy atom. The highest BCUT2D eigenvalue weighted by Crippen LogP contribution is 2.42. The molecule has 1 saturated carbocycles. The van der Waals surface area contributed by atoms with Crippen molar-refractivity contribution in [3.8, 4) is 11.5 Å². The molecule has 1 aromatic carbocycles. The predicted octanol–water partition coefficient (Wildman–Crippen LogP) is 3.27. The number of aliphatic hydroxyl groups is 1. The molecular weight excluding hydrogens is 292 g/mol. The molecule has 1 aliphatic carbocycles. The van der Waals surface area contributed by atoms with Crippen molar-refractivity contribution in [2.24, 2.45) is 5.92 Å². The molecule has 22 heavy (non-hydrogen) atoms. The molecule has 2 N–H and O–H groups in total. The van der Waals surface area contributed by atoms with Gasteiger partial charge in [-0.05, 0) is 24.8 Å². The van der Waals surface area contributed by atoms with Crippen LogP contribution >= 0.6 is 0 Å². The minimum Gasteiger partial charge on any atom is -0.481 e. The summed E-state index contributed by atoms with van der Waals surface area (Å²) in [5, 5.41) is 20.3. The van der Waals surface area contributed by atoms with E-state index in [9.17, 15) is 15.0 Å². The molecule has 0 saturated heterocycles. The molecule has 3 nitrogen and oxygen atoms in total. The molecule has 0 radical (unpaired) electrons. The van der Waals surface area contributed by atoms with E-state index in [1.165, 1.54) is 0 Å². The maximum Gasteiger partial charge on any atom is 0.307 e. The number of aliphatic carboxylic acids is 1. The lowest BCUT2D eigenvalue weighted by Gasteiger charge is -2.37. The van der Waals surface area contributed by atoms with E-state index in [1.54, 1.807) is 0 Å². The van der Waals surface area contributed by atoms with Gasteiger partial charge in [-0.2, -0.15) is 0 Å². The van der Waals surface area contributed by atoms with E-state index in [0.717, 1.165) is 5.56 Å². The quantitative estimate of drug-likeness (QED) is 0.650. The first kappa shape index (κ1) is 16.8. The second kappa shape index (κ2) is 6.27. The van der Waals surface area contributed by atoms with Crippen molar-refractivity contribution in [3.05, 3.63) is 35.9 Å². The molecule has 0 amide bonds. The topological polar surface area (TPSA) is 57.5 Å². The summed E-state index contributed by atoms with van der Waals surface area (Å²) in [6.45, 7) is 6.42. The van der Waals surface area contributed by atoms with Crippen molar-refractivity contribution in [2.45, 2.75) is 50.4 Å². The molecule has 1 fully saturated rings. The summed E-state index contributed by atoms with van der Waals surface area (Å²) in [7, 11) is -1.57. The highest BCUT2D eigenvalue weighted by atomic mass is 28.3. The van der Waals surface area contributed by atoms with Gasteiger partial charge in [0, 0.05) is 5.92 Å². The number of carboxylic acids is 1. The Hall–Kier alpha value is -1.57. The van der Waals surface area contributed by atoms with Gasteiger partial charge < -0.3 is 10.2 Å². The van der Waals surface area contributed by atoms with Gasteiger partial charge in [-0.25, -0.2) is 0 Å². The summed E-state index contributed by atoms with van der Waals surface area (Å²) in [5.74, 6) is 1.65. The van der Waals surface area contributed by atoms with Crippen LogP contribution in [0.2, 0.25) is 19.6 Å². The van der Waals surface area contributed by atoms with Gasteiger partial charge >= 0.3 is 5.97 Å². The third kappa shape index (κ3) is 4.22. The molecule has 1 unspecified atom stereocenters. The minimum absolute atomic E-state index is 0.187. The number of hydrogen-bond acceptors (Lipinski definition) is 2. The van der Waals surface area contributed by atoms with Crippen LogP contribution in [0.25, 0.3) is 0 Å². The molecule has 3 atom stereocenters. The molecule has 2 rings (SSSR count). The zero-order chi connectivity index (χ0) is 16.4. The monoisotopic (exact) mass is 316 g/mol. The Kier molecular flexibility index (Phi) is 4.79. The van der Waals surface area contributed by atoms with Crippen LogP contribution in [0.3, 0.4) is 0 Å². The Morgan fingerprint density at radius 3 is 2.45 bits per heavy atom. The predicted molar refractivity (Wildman–Crippen MR) is 90.2 cm³/mol. The molecule has 0 heterocycles. The van der Waals surface area contributed by atoms with Gasteiger partial charge in [0.15, 0.2) is 0 Å². The fourth-order valence-electron chi connectivity index (χ4n) is 2.97. The standard InChI is InChI=1S/C18H24O3Si/c1-22(2,3)12-11-18(21)10-9-15(17(19)20)16(13-18)14-7-5-4-6-8-14/h4-8,15-16,21H,9-10,13H2,1-3H3,(H,19,20)/t15-,16+,18?/m1/s1. The molecule has 4 heteroatoms. The van der Waals surface area contributed by atoms with Crippen molar-refractivity contribution >= 4 is 14.0 Å². The highest BCUT2D eigenvalue weighted by Gasteiger charge is 2.42. The van der Waals surface area contributed by atoms with Gasteiger partial charge in [-0.15, -0.1) is 5.54 Å². The van der Waals surface area contributed by atoms with Crippen LogP contribution in [0.4, 0.5) is 0 Å². The van der Waals surface area contributed by atoms with Gasteiger partial charge in [0.2, 0.25) is 0 Å². The van der Waals surface area contributed by atoms with E-state index in [1.807, 2.05) is 30.3 Å². The van der Waals surface area contributed by atoms with Crippen LogP contribution in [0, 0.1) is 17.4 Å². The van der Waals surface area contributed by atoms with Gasteiger partial charge in [-0.3, -0.25) is 4.79 Å². The Bertz CT molecular complexity index is 594. The Balaban J connectivity index is 2.30. The SMILES string of the molecule is C[Si](C)(C)C#CC1(O)CC[C@@H](C(=O)O)[C@H](c2ccccc2)C1. The first-order valence-corrected chi connectivity index (χ1v) is 11.2. The third-order valence-electron chi connectivity index (χ3n) is 4.13. The van der Waals surface area contributed by atoms with Gasteiger partial charge in [0.1, 0.15) is 13.7 Å². The first-order valence-electron chi connectivity index (χ1n) is 7.75. The maximum absolute atomic E-state index is 11.6. The average Bonchev–Trinajstić information content (AvgIpc) is 2.45. The summed E-state index contributed by atoms with van der Waals surface area (Å²) in [6, 6.07) is 9.63. The molecule has 0 bridgehead atoms. The molecule has 118 valence electrons. The Labute approximate surface area is 133 Å². The van der Waals surface area contributed by atoms with Gasteiger partial charge in [0.25, 0.3) is 0 Å². The first-order chi connectivity index (χ1) is 10.2. The van der Waals surface area contributed by atoms with Crippen molar-refractivity contribution in [2.75, 3.05) is 0 Å². The van der Waals surface area contributed by atoms with Gasteiger partial charge in [-0.1, -0.05) is 55.9 Å². The van der Waals surface area contributed by atoms with Crippen molar-refractivity contribution in [1.29, 1.82) is 0 Å². The van der Waals surface area contributed by atoms with Crippen molar-refractivity contribution in [3.63, 3.8) is 0 Å². The lowest BCUT2D eigenvalue weighted by Crippen LogP contribution is -2.40. The minimum atomic E-state index is -1.57. The Morgan fingerprint density at radius 1 is 1.27 bits per heavy atom. The van der Waals surface area contributed by atoms with E-state index in [-0.39, 0.29) is 5.92 Å². The maximum atomic E-state index is 11.6. The zero-order valence-corrected chi connectivity index (χ0v) is 14.5. The summed E-state index contributed by atoms with van der Waals surface area (Å²) in [4.78, 5) is 11.6. The third-order valence-corrected chi connectivity index (χ3v) is 5.00. The summed E-state index contributed by atoms with van der Waals surface area (Å²) < 4.78 is 0. The molecular formula is C18H24O3Si. The molecule has 0 spiro atoms. The van der Waals surface area contributed by atoms with Crippen LogP contribution in [0.5, 0.6) is 0 Å². The van der Waals surface area contributed by atoms with Crippen LogP contribution in [0.15, 0.2) is 30.3 Å². The molecule has 1 aliphatic rings. The fraction of sp³-hybridized carbons (Fsp3) is 0.500. The molecule has 0 aromatic heterocycles. The van der Waals surface area contributed by atoms with E-state index in [0.29, 0.717) is 19.3 Å². The highest BCUT2D eigenvalue weighted by molar-refractivity contribution is 6.83. The fourth-order valence-corrected chi connectivity index (χ4v) is 3.57. The molecule has 1 aromatic rings. The smallest absolute Gasteiger partial charge is 0.307 e. The number of carbonyl (C=O) groups is 1. The van der Waals surface area contributed by atoms with Crippen molar-refractivity contribution < 1.29 is 15.0 Å². The second-order valence-electron chi connectivity index (χ2n) is 7.24. The number of carboxylic acid groups (broad SMARTS) is 1. The molecule has 0 aliphatic heterocycles. The number of benzene rings is 1. The van der Waals surface area contributed by atoms with E-state index >= 15 is 0 Å². The summed E-state index contributed by atoms with van der Waals surface area (Å²) in [5.41, 5.74) is 3.15. The lowest BCUT2D eigenvalue weighted by molar-refractivity contribution is -0.145. The van der Waals surface area contributed by atoms with Crippen LogP contribution in [0.1, 0.15) is 30.7 Å². The van der Waals surface area contributed by atoms with Gasteiger partial charge in [0.05, 0.1) is 5.92 Å². The number of hydrogen-bond donors (Lipinski definition) is 2. The van der Waals surface area contributed by atoms with E-state index in [4.69, 9.17) is 0 Å². The summed E-state index contributed by atoms with van der Waals surface area (Å²) in [6.07, 6.45) is 1.29. The number of rotatable bonds is 2. The van der Waals surface area contributed by atoms with Crippen molar-refractivity contribution in [1.82, 2.24) is 0 Å². The second-order valence-corrected chi connectivity index (χ2v) is 12.0. The summed E-state index contributed by atoms with van der Waals surface area (Å²) >= 11 is 0. The largest absolute Gasteiger partial charge is 0.481 e. The van der Waals surface area contributed by atoms with Crippen LogP contribution in [-0.4, -0.2) is 29.9 Å². The normalized spacial score (nSPS) is 28.5. The van der Waals surface area contributed by atoms with E-state index < -0.39 is 25.6 Å². The van der Waals surface area contributed by atoms with E-state index in [2.05, 4.69) is 31.1 Å².